The number of rotatable bonds is 5. The van der Waals surface area contributed by atoms with E-state index in [9.17, 15) is 0 Å². The van der Waals surface area contributed by atoms with Crippen molar-refractivity contribution >= 4 is 75.9 Å². The fraction of sp³-hybridized carbons (Fsp3) is 0. The average molecular weight is 790 g/mol. The van der Waals surface area contributed by atoms with Gasteiger partial charge in [-0.1, -0.05) is 182 Å². The zero-order valence-electron chi connectivity index (χ0n) is 33.4. The highest BCUT2D eigenvalue weighted by Crippen LogP contribution is 2.42. The third kappa shape index (κ3) is 5.18. The van der Waals surface area contributed by atoms with Crippen molar-refractivity contribution in [2.24, 2.45) is 0 Å². The summed E-state index contributed by atoms with van der Waals surface area (Å²) in [4.78, 5) is 15.9. The molecule has 5 nitrogen and oxygen atoms in total. The minimum absolute atomic E-state index is 0.565. The molecule has 0 spiro atoms. The van der Waals surface area contributed by atoms with Crippen molar-refractivity contribution in [2.45, 2.75) is 0 Å². The van der Waals surface area contributed by atoms with Crippen molar-refractivity contribution < 1.29 is 0 Å². The molecule has 0 aliphatic heterocycles. The minimum atomic E-state index is 0.565. The van der Waals surface area contributed by atoms with E-state index in [4.69, 9.17) is 15.0 Å². The molecule has 13 aromatic rings. The van der Waals surface area contributed by atoms with E-state index < -0.39 is 0 Å². The summed E-state index contributed by atoms with van der Waals surface area (Å²) in [6.45, 7) is 0. The van der Waals surface area contributed by atoms with Crippen LogP contribution in [0.1, 0.15) is 0 Å². The monoisotopic (exact) mass is 789 g/mol. The first-order chi connectivity index (χ1) is 30.8. The highest BCUT2D eigenvalue weighted by atomic mass is 15.2. The van der Waals surface area contributed by atoms with Crippen LogP contribution in [0.2, 0.25) is 0 Å². The lowest BCUT2D eigenvalue weighted by Crippen LogP contribution is -2.07. The molecule has 0 saturated carbocycles. The van der Waals surface area contributed by atoms with Gasteiger partial charge in [0.05, 0.1) is 22.1 Å². The van der Waals surface area contributed by atoms with Gasteiger partial charge in [-0.05, 0) is 73.8 Å². The zero-order chi connectivity index (χ0) is 40.7. The van der Waals surface area contributed by atoms with Crippen molar-refractivity contribution in [3.05, 3.63) is 212 Å². The summed E-state index contributed by atoms with van der Waals surface area (Å²) in [7, 11) is 0. The summed E-state index contributed by atoms with van der Waals surface area (Å²) in [6, 6.07) is 75.6. The lowest BCUT2D eigenvalue weighted by atomic mass is 9.92. The minimum Gasteiger partial charge on any atom is -0.307 e. The molecule has 0 aliphatic rings. The fourth-order valence-corrected chi connectivity index (χ4v) is 9.76. The molecule has 0 atom stereocenters. The molecule has 3 aromatic heterocycles. The number of hydrogen-bond donors (Lipinski definition) is 0. The summed E-state index contributed by atoms with van der Waals surface area (Å²) in [6.07, 6.45) is 0. The summed E-state index contributed by atoms with van der Waals surface area (Å²) < 4.78 is 4.64. The van der Waals surface area contributed by atoms with Gasteiger partial charge in [0.15, 0.2) is 11.6 Å². The lowest BCUT2D eigenvalue weighted by Gasteiger charge is -2.14. The lowest BCUT2D eigenvalue weighted by molar-refractivity contribution is 0.953. The molecular weight excluding hydrogens is 755 g/mol. The Morgan fingerprint density at radius 1 is 0.258 bits per heavy atom. The molecule has 0 unspecified atom stereocenters. The first-order valence-corrected chi connectivity index (χ1v) is 21.0. The molecule has 0 N–H and O–H groups in total. The van der Waals surface area contributed by atoms with Crippen molar-refractivity contribution in [1.82, 2.24) is 24.1 Å². The molecule has 288 valence electrons. The van der Waals surface area contributed by atoms with Crippen molar-refractivity contribution in [3.63, 3.8) is 0 Å². The highest BCUT2D eigenvalue weighted by Gasteiger charge is 2.23. The van der Waals surface area contributed by atoms with Gasteiger partial charge < -0.3 is 4.57 Å². The van der Waals surface area contributed by atoms with Gasteiger partial charge in [-0.15, -0.1) is 0 Å². The molecule has 0 radical (unpaired) electrons. The van der Waals surface area contributed by atoms with Crippen LogP contribution in [0, 0.1) is 0 Å². The maximum atomic E-state index is 5.37. The fourth-order valence-electron chi connectivity index (χ4n) is 9.76. The number of benzene rings is 10. The molecule has 3 heterocycles. The molecule has 13 rings (SSSR count). The summed E-state index contributed by atoms with van der Waals surface area (Å²) >= 11 is 0. The van der Waals surface area contributed by atoms with Gasteiger partial charge in [0.2, 0.25) is 5.95 Å². The van der Waals surface area contributed by atoms with Gasteiger partial charge >= 0.3 is 0 Å². The first kappa shape index (κ1) is 34.5. The summed E-state index contributed by atoms with van der Waals surface area (Å²) in [5, 5.41) is 12.2. The van der Waals surface area contributed by atoms with E-state index >= 15 is 0 Å². The van der Waals surface area contributed by atoms with E-state index in [0.717, 1.165) is 60.8 Å². The molecule has 0 fully saturated rings. The smallest absolute Gasteiger partial charge is 0.238 e. The molecule has 0 aliphatic carbocycles. The van der Waals surface area contributed by atoms with Crippen LogP contribution in [0.5, 0.6) is 0 Å². The van der Waals surface area contributed by atoms with Crippen LogP contribution < -0.4 is 0 Å². The van der Waals surface area contributed by atoms with E-state index in [1.54, 1.807) is 0 Å². The van der Waals surface area contributed by atoms with E-state index in [2.05, 4.69) is 203 Å². The van der Waals surface area contributed by atoms with Crippen LogP contribution in [0.3, 0.4) is 0 Å². The Labute approximate surface area is 356 Å². The normalized spacial score (nSPS) is 11.9. The summed E-state index contributed by atoms with van der Waals surface area (Å²) in [5.74, 6) is 1.79. The van der Waals surface area contributed by atoms with Crippen LogP contribution in [-0.4, -0.2) is 24.1 Å². The Hall–Kier alpha value is -8.41. The van der Waals surface area contributed by atoms with E-state index in [1.165, 1.54) is 43.1 Å². The third-order valence-corrected chi connectivity index (χ3v) is 12.6. The molecular formula is C57H35N5. The highest BCUT2D eigenvalue weighted by molar-refractivity contribution is 6.26. The molecule has 62 heavy (non-hydrogen) atoms. The van der Waals surface area contributed by atoms with Gasteiger partial charge in [0, 0.05) is 38.4 Å². The maximum absolute atomic E-state index is 5.37. The second kappa shape index (κ2) is 13.6. The topological polar surface area (TPSA) is 48.5 Å². The number of fused-ring (bicyclic) bond motifs is 13. The predicted molar refractivity (Wildman–Crippen MR) is 257 cm³/mol. The van der Waals surface area contributed by atoms with E-state index in [-0.39, 0.29) is 0 Å². The summed E-state index contributed by atoms with van der Waals surface area (Å²) in [5.41, 5.74) is 9.55. The van der Waals surface area contributed by atoms with Crippen LogP contribution in [0.25, 0.3) is 121 Å². The Morgan fingerprint density at radius 3 is 1.26 bits per heavy atom. The number of para-hydroxylation sites is 3. The Bertz CT molecular complexity index is 3870. The Balaban J connectivity index is 1.03. The van der Waals surface area contributed by atoms with Crippen LogP contribution in [0.4, 0.5) is 0 Å². The van der Waals surface area contributed by atoms with Crippen molar-refractivity contribution in [2.75, 3.05) is 0 Å². The molecule has 0 bridgehead atoms. The maximum Gasteiger partial charge on any atom is 0.238 e. The van der Waals surface area contributed by atoms with Gasteiger partial charge in [-0.25, -0.2) is 4.98 Å². The third-order valence-electron chi connectivity index (χ3n) is 12.6. The largest absolute Gasteiger partial charge is 0.307 e. The van der Waals surface area contributed by atoms with Crippen LogP contribution in [0.15, 0.2) is 212 Å². The SMILES string of the molecule is c1ccc(-c2nc(-c3ccc(-c4ccc5c6ccccc6c6ccccc6c5c4)cc3)nc(-n3c4ccccc4c4ccc5c6ccccc6n(-c6ccccc6)c5c43)n2)cc1. The van der Waals surface area contributed by atoms with Gasteiger partial charge in [0.25, 0.3) is 0 Å². The first-order valence-electron chi connectivity index (χ1n) is 21.0. The van der Waals surface area contributed by atoms with Gasteiger partial charge in [-0.2, -0.15) is 9.97 Å². The quantitative estimate of drug-likeness (QED) is 0.163. The number of nitrogens with zero attached hydrogens (tertiary/aromatic N) is 5. The number of aromatic nitrogens is 5. The van der Waals surface area contributed by atoms with E-state index in [0.29, 0.717) is 17.6 Å². The van der Waals surface area contributed by atoms with Gasteiger partial charge in [0.1, 0.15) is 0 Å². The Kier molecular flexibility index (Phi) is 7.54. The predicted octanol–water partition coefficient (Wildman–Crippen LogP) is 14.5. The second-order valence-electron chi connectivity index (χ2n) is 16.0. The van der Waals surface area contributed by atoms with Crippen molar-refractivity contribution in [1.29, 1.82) is 0 Å². The number of hydrogen-bond acceptors (Lipinski definition) is 3. The Morgan fingerprint density at radius 2 is 0.661 bits per heavy atom. The van der Waals surface area contributed by atoms with Crippen LogP contribution in [-0.2, 0) is 0 Å². The molecule has 10 aromatic carbocycles. The van der Waals surface area contributed by atoms with Gasteiger partial charge in [-0.3, -0.25) is 4.57 Å². The zero-order valence-corrected chi connectivity index (χ0v) is 33.4. The second-order valence-corrected chi connectivity index (χ2v) is 16.0. The molecule has 0 amide bonds. The molecule has 0 saturated heterocycles. The standard InChI is InChI=1S/C57H35N5/c1-3-15-37(16-4-1)55-58-56(38-29-27-36(28-30-38)39-31-32-45-43-21-8-7-19-41(43)42-20-9-10-22-44(42)50(45)35-39)60-57(59-55)62-52-26-14-12-24-47(52)49-34-33-48-46-23-11-13-25-51(46)61(53(48)54(49)62)40-17-5-2-6-18-40/h1-35H. The molecule has 5 heteroatoms. The van der Waals surface area contributed by atoms with E-state index in [1.807, 2.05) is 18.2 Å². The van der Waals surface area contributed by atoms with Crippen LogP contribution >= 0.6 is 0 Å². The average Bonchev–Trinajstić information content (AvgIpc) is 3.88. The van der Waals surface area contributed by atoms with Crippen molar-refractivity contribution in [3.8, 4) is 45.5 Å².